The van der Waals surface area contributed by atoms with Crippen LogP contribution in [0.3, 0.4) is 0 Å². The van der Waals surface area contributed by atoms with Gasteiger partial charge in [0.15, 0.2) is 0 Å². The molecule has 0 aliphatic carbocycles. The first-order valence-electron chi connectivity index (χ1n) is 7.81. The number of hydrogen-bond donors (Lipinski definition) is 2. The van der Waals surface area contributed by atoms with Crippen molar-refractivity contribution in [2.75, 3.05) is 17.7 Å². The third-order valence-electron chi connectivity index (χ3n) is 3.53. The zero-order valence-electron chi connectivity index (χ0n) is 13.8. The first kappa shape index (κ1) is 16.4. The van der Waals surface area contributed by atoms with Crippen LogP contribution in [0.5, 0.6) is 0 Å². The van der Waals surface area contributed by atoms with Crippen LogP contribution in [0.15, 0.2) is 66.9 Å². The van der Waals surface area contributed by atoms with Gasteiger partial charge in [-0.15, -0.1) is 0 Å². The Balaban J connectivity index is 1.64. The van der Waals surface area contributed by atoms with Crippen molar-refractivity contribution >= 4 is 23.4 Å². The summed E-state index contributed by atoms with van der Waals surface area (Å²) in [5.41, 5.74) is 2.48. The van der Waals surface area contributed by atoms with Gasteiger partial charge in [-0.3, -0.25) is 0 Å². The number of aromatic nitrogens is 2. The second-order valence-electron chi connectivity index (χ2n) is 5.30. The lowest BCUT2D eigenvalue weighted by atomic mass is 10.2. The van der Waals surface area contributed by atoms with Gasteiger partial charge in [-0.2, -0.15) is 4.98 Å². The minimum absolute atomic E-state index is 0.360. The molecule has 0 saturated heterocycles. The molecule has 1 heterocycles. The molecule has 2 N–H and O–H groups in total. The fourth-order valence-electron chi connectivity index (χ4n) is 2.25. The summed E-state index contributed by atoms with van der Waals surface area (Å²) < 4.78 is 4.69. The largest absolute Gasteiger partial charge is 0.465 e. The molecule has 126 valence electrons. The topological polar surface area (TPSA) is 76.1 Å². The van der Waals surface area contributed by atoms with Gasteiger partial charge in [0.25, 0.3) is 0 Å². The van der Waals surface area contributed by atoms with Gasteiger partial charge < -0.3 is 15.4 Å². The van der Waals surface area contributed by atoms with E-state index in [2.05, 4.69) is 25.3 Å². The molecule has 0 bridgehead atoms. The third kappa shape index (κ3) is 4.54. The SMILES string of the molecule is COC(=O)c1ccc(Nc2ccnc(NCc3ccccc3)n2)cc1. The van der Waals surface area contributed by atoms with Crippen molar-refractivity contribution in [3.63, 3.8) is 0 Å². The number of carbonyl (C=O) groups excluding carboxylic acids is 1. The summed E-state index contributed by atoms with van der Waals surface area (Å²) in [5.74, 6) is 0.845. The molecule has 3 rings (SSSR count). The van der Waals surface area contributed by atoms with Crippen LogP contribution in [-0.4, -0.2) is 23.0 Å². The van der Waals surface area contributed by atoms with Crippen LogP contribution in [0, 0.1) is 0 Å². The maximum absolute atomic E-state index is 11.4. The Morgan fingerprint density at radius 1 is 1.04 bits per heavy atom. The molecule has 0 amide bonds. The average molecular weight is 334 g/mol. The highest BCUT2D eigenvalue weighted by Gasteiger charge is 2.05. The van der Waals surface area contributed by atoms with Crippen molar-refractivity contribution in [1.82, 2.24) is 9.97 Å². The molecule has 0 fully saturated rings. The first-order chi connectivity index (χ1) is 12.2. The highest BCUT2D eigenvalue weighted by Crippen LogP contribution is 2.16. The number of carbonyl (C=O) groups is 1. The van der Waals surface area contributed by atoms with Gasteiger partial charge in [-0.1, -0.05) is 30.3 Å². The molecule has 25 heavy (non-hydrogen) atoms. The van der Waals surface area contributed by atoms with Crippen LogP contribution in [-0.2, 0) is 11.3 Å². The van der Waals surface area contributed by atoms with Crippen molar-refractivity contribution in [1.29, 1.82) is 0 Å². The summed E-state index contributed by atoms with van der Waals surface area (Å²) in [4.78, 5) is 20.1. The Morgan fingerprint density at radius 3 is 2.52 bits per heavy atom. The Hall–Kier alpha value is -3.41. The van der Waals surface area contributed by atoms with Gasteiger partial charge in [0.05, 0.1) is 12.7 Å². The molecule has 6 heteroatoms. The van der Waals surface area contributed by atoms with Crippen molar-refractivity contribution in [3.05, 3.63) is 78.0 Å². The first-order valence-corrected chi connectivity index (χ1v) is 7.81. The zero-order valence-corrected chi connectivity index (χ0v) is 13.8. The highest BCUT2D eigenvalue weighted by molar-refractivity contribution is 5.89. The number of benzene rings is 2. The third-order valence-corrected chi connectivity index (χ3v) is 3.53. The van der Waals surface area contributed by atoms with E-state index in [0.29, 0.717) is 23.9 Å². The van der Waals surface area contributed by atoms with E-state index in [-0.39, 0.29) is 5.97 Å². The summed E-state index contributed by atoms with van der Waals surface area (Å²) in [7, 11) is 1.36. The predicted octanol–water partition coefficient (Wildman–Crippen LogP) is 3.62. The minimum Gasteiger partial charge on any atom is -0.465 e. The summed E-state index contributed by atoms with van der Waals surface area (Å²) in [6.07, 6.45) is 1.69. The van der Waals surface area contributed by atoms with E-state index in [0.717, 1.165) is 11.3 Å². The van der Waals surface area contributed by atoms with Gasteiger partial charge in [0.1, 0.15) is 5.82 Å². The lowest BCUT2D eigenvalue weighted by molar-refractivity contribution is 0.0601. The van der Waals surface area contributed by atoms with Crippen molar-refractivity contribution in [2.24, 2.45) is 0 Å². The molecular weight excluding hydrogens is 316 g/mol. The normalized spacial score (nSPS) is 10.1. The lowest BCUT2D eigenvalue weighted by Crippen LogP contribution is -2.05. The number of ether oxygens (including phenoxy) is 1. The van der Waals surface area contributed by atoms with E-state index in [1.54, 1.807) is 36.5 Å². The van der Waals surface area contributed by atoms with Crippen LogP contribution in [0.4, 0.5) is 17.5 Å². The van der Waals surface area contributed by atoms with Crippen LogP contribution >= 0.6 is 0 Å². The molecule has 0 unspecified atom stereocenters. The summed E-state index contributed by atoms with van der Waals surface area (Å²) in [6.45, 7) is 0.651. The van der Waals surface area contributed by atoms with E-state index >= 15 is 0 Å². The van der Waals surface area contributed by atoms with Gasteiger partial charge >= 0.3 is 5.97 Å². The van der Waals surface area contributed by atoms with Gasteiger partial charge in [-0.05, 0) is 35.9 Å². The summed E-state index contributed by atoms with van der Waals surface area (Å²) >= 11 is 0. The summed E-state index contributed by atoms with van der Waals surface area (Å²) in [6, 6.07) is 18.8. The molecule has 0 aliphatic rings. The smallest absolute Gasteiger partial charge is 0.337 e. The molecule has 0 radical (unpaired) electrons. The number of anilines is 3. The lowest BCUT2D eigenvalue weighted by Gasteiger charge is -2.09. The fourth-order valence-corrected chi connectivity index (χ4v) is 2.25. The maximum atomic E-state index is 11.4. The van der Waals surface area contributed by atoms with E-state index in [9.17, 15) is 4.79 Å². The van der Waals surface area contributed by atoms with Crippen LogP contribution in [0.25, 0.3) is 0 Å². The van der Waals surface area contributed by atoms with Gasteiger partial charge in [0, 0.05) is 18.4 Å². The molecule has 2 aromatic carbocycles. The van der Waals surface area contributed by atoms with Crippen LogP contribution in [0.1, 0.15) is 15.9 Å². The zero-order chi connectivity index (χ0) is 17.5. The molecule has 3 aromatic rings. The monoisotopic (exact) mass is 334 g/mol. The van der Waals surface area contributed by atoms with Crippen molar-refractivity contribution < 1.29 is 9.53 Å². The number of nitrogens with zero attached hydrogens (tertiary/aromatic N) is 2. The Morgan fingerprint density at radius 2 is 1.80 bits per heavy atom. The van der Waals surface area contributed by atoms with E-state index < -0.39 is 0 Å². The predicted molar refractivity (Wildman–Crippen MR) is 96.9 cm³/mol. The average Bonchev–Trinajstić information content (AvgIpc) is 2.67. The minimum atomic E-state index is -0.360. The van der Waals surface area contributed by atoms with Crippen LogP contribution < -0.4 is 10.6 Å². The highest BCUT2D eigenvalue weighted by atomic mass is 16.5. The fraction of sp³-hybridized carbons (Fsp3) is 0.105. The molecule has 6 nitrogen and oxygen atoms in total. The molecule has 0 saturated carbocycles. The Labute approximate surface area is 145 Å². The molecule has 0 atom stereocenters. The molecule has 0 spiro atoms. The summed E-state index contributed by atoms with van der Waals surface area (Å²) in [5, 5.41) is 6.38. The van der Waals surface area contributed by atoms with E-state index in [1.807, 2.05) is 30.3 Å². The van der Waals surface area contributed by atoms with Crippen molar-refractivity contribution in [2.45, 2.75) is 6.54 Å². The maximum Gasteiger partial charge on any atom is 0.337 e. The second kappa shape index (κ2) is 7.92. The standard InChI is InChI=1S/C19H18N4O2/c1-25-18(24)15-7-9-16(10-8-15)22-17-11-12-20-19(23-17)21-13-14-5-3-2-4-6-14/h2-12H,13H2,1H3,(H2,20,21,22,23). The van der Waals surface area contributed by atoms with E-state index in [4.69, 9.17) is 0 Å². The molecule has 1 aromatic heterocycles. The van der Waals surface area contributed by atoms with Crippen LogP contribution in [0.2, 0.25) is 0 Å². The Kier molecular flexibility index (Phi) is 5.21. The Bertz CT molecular complexity index is 836. The quantitative estimate of drug-likeness (QED) is 0.671. The molecule has 0 aliphatic heterocycles. The number of esters is 1. The number of methoxy groups -OCH3 is 1. The van der Waals surface area contributed by atoms with E-state index in [1.165, 1.54) is 7.11 Å². The van der Waals surface area contributed by atoms with Gasteiger partial charge in [-0.25, -0.2) is 9.78 Å². The number of nitrogens with one attached hydrogen (secondary N) is 2. The second-order valence-corrected chi connectivity index (χ2v) is 5.30. The number of rotatable bonds is 6. The number of hydrogen-bond acceptors (Lipinski definition) is 6. The van der Waals surface area contributed by atoms with Crippen molar-refractivity contribution in [3.8, 4) is 0 Å². The van der Waals surface area contributed by atoms with Gasteiger partial charge in [0.2, 0.25) is 5.95 Å². The molecular formula is C19H18N4O2.